The summed E-state index contributed by atoms with van der Waals surface area (Å²) in [6.07, 6.45) is 7.42. The third kappa shape index (κ3) is 2.14. The van der Waals surface area contributed by atoms with Gasteiger partial charge in [-0.1, -0.05) is 33.8 Å². The number of hydrogen-bond acceptors (Lipinski definition) is 1. The van der Waals surface area contributed by atoms with Crippen LogP contribution < -0.4 is 0 Å². The molecule has 1 aromatic heterocycles. The highest BCUT2D eigenvalue weighted by Crippen LogP contribution is 2.30. The van der Waals surface area contributed by atoms with E-state index in [-0.39, 0.29) is 0 Å². The minimum atomic E-state index is 0.304. The third-order valence-corrected chi connectivity index (χ3v) is 3.46. The maximum Gasteiger partial charge on any atom is 0.0305 e. The maximum atomic E-state index is 4.32. The SMILES string of the molecule is CCc1cncc(C(C)(CC)CC)c1. The number of nitrogens with zero attached hydrogens (tertiary/aromatic N) is 1. The van der Waals surface area contributed by atoms with Gasteiger partial charge in [0.25, 0.3) is 0 Å². The third-order valence-electron chi connectivity index (χ3n) is 3.46. The van der Waals surface area contributed by atoms with E-state index < -0.39 is 0 Å². The van der Waals surface area contributed by atoms with Crippen molar-refractivity contribution in [3.05, 3.63) is 29.6 Å². The van der Waals surface area contributed by atoms with Gasteiger partial charge in [0.1, 0.15) is 0 Å². The van der Waals surface area contributed by atoms with Crippen molar-refractivity contribution in [2.24, 2.45) is 0 Å². The zero-order valence-corrected chi connectivity index (χ0v) is 9.80. The molecule has 0 N–H and O–H groups in total. The average molecular weight is 191 g/mol. The summed E-state index contributed by atoms with van der Waals surface area (Å²) in [6.45, 7) is 9.00. The number of rotatable bonds is 4. The van der Waals surface area contributed by atoms with Crippen LogP contribution in [0.25, 0.3) is 0 Å². The molecule has 0 atom stereocenters. The Kier molecular flexibility index (Phi) is 3.68. The molecule has 0 aliphatic rings. The van der Waals surface area contributed by atoms with Gasteiger partial charge in [0.2, 0.25) is 0 Å². The molecule has 0 unspecified atom stereocenters. The van der Waals surface area contributed by atoms with E-state index in [4.69, 9.17) is 0 Å². The van der Waals surface area contributed by atoms with E-state index in [2.05, 4.69) is 38.7 Å². The van der Waals surface area contributed by atoms with Crippen molar-refractivity contribution in [3.8, 4) is 0 Å². The highest BCUT2D eigenvalue weighted by molar-refractivity contribution is 5.25. The summed E-state index contributed by atoms with van der Waals surface area (Å²) in [5.41, 5.74) is 3.04. The Balaban J connectivity index is 3.04. The first-order valence-corrected chi connectivity index (χ1v) is 5.60. The molecule has 0 spiro atoms. The van der Waals surface area contributed by atoms with Gasteiger partial charge in [0, 0.05) is 12.4 Å². The fraction of sp³-hybridized carbons (Fsp3) is 0.615. The van der Waals surface area contributed by atoms with E-state index in [1.807, 2.05) is 12.4 Å². The van der Waals surface area contributed by atoms with Gasteiger partial charge in [-0.25, -0.2) is 0 Å². The first-order chi connectivity index (χ1) is 6.66. The monoisotopic (exact) mass is 191 g/mol. The smallest absolute Gasteiger partial charge is 0.0305 e. The Hall–Kier alpha value is -0.850. The van der Waals surface area contributed by atoms with Gasteiger partial charge in [-0.2, -0.15) is 0 Å². The molecule has 0 aliphatic carbocycles. The van der Waals surface area contributed by atoms with Gasteiger partial charge in [-0.05, 0) is 35.8 Å². The topological polar surface area (TPSA) is 12.9 Å². The molecular weight excluding hydrogens is 170 g/mol. The predicted octanol–water partition coefficient (Wildman–Crippen LogP) is 3.72. The summed E-state index contributed by atoms with van der Waals surface area (Å²) in [5.74, 6) is 0. The molecule has 0 aromatic carbocycles. The van der Waals surface area contributed by atoms with Crippen LogP contribution in [0.3, 0.4) is 0 Å². The molecule has 0 aliphatic heterocycles. The summed E-state index contributed by atoms with van der Waals surface area (Å²) >= 11 is 0. The largest absolute Gasteiger partial charge is 0.264 e. The van der Waals surface area contributed by atoms with Crippen LogP contribution in [0.4, 0.5) is 0 Å². The standard InChI is InChI=1S/C13H21N/c1-5-11-8-12(10-14-9-11)13(4,6-2)7-3/h8-10H,5-7H2,1-4H3. The molecular formula is C13H21N. The highest BCUT2D eigenvalue weighted by Gasteiger charge is 2.22. The minimum absolute atomic E-state index is 0.304. The second-order valence-corrected chi connectivity index (χ2v) is 4.20. The minimum Gasteiger partial charge on any atom is -0.264 e. The predicted molar refractivity (Wildman–Crippen MR) is 61.5 cm³/mol. The molecule has 14 heavy (non-hydrogen) atoms. The van der Waals surface area contributed by atoms with Crippen LogP contribution in [0.5, 0.6) is 0 Å². The Morgan fingerprint density at radius 2 is 1.79 bits per heavy atom. The van der Waals surface area contributed by atoms with Crippen molar-refractivity contribution in [1.29, 1.82) is 0 Å². The number of aryl methyl sites for hydroxylation is 1. The van der Waals surface area contributed by atoms with E-state index in [1.54, 1.807) is 0 Å². The number of pyridine rings is 1. The molecule has 0 saturated carbocycles. The summed E-state index contributed by atoms with van der Waals surface area (Å²) in [4.78, 5) is 4.32. The van der Waals surface area contributed by atoms with Crippen LogP contribution in [0.1, 0.15) is 51.7 Å². The molecule has 1 heteroatoms. The van der Waals surface area contributed by atoms with Gasteiger partial charge < -0.3 is 0 Å². The Labute approximate surface area is 87.6 Å². The first-order valence-electron chi connectivity index (χ1n) is 5.60. The van der Waals surface area contributed by atoms with Crippen LogP contribution in [-0.2, 0) is 11.8 Å². The van der Waals surface area contributed by atoms with Gasteiger partial charge in [-0.15, -0.1) is 0 Å². The van der Waals surface area contributed by atoms with Crippen LogP contribution in [-0.4, -0.2) is 4.98 Å². The molecule has 0 radical (unpaired) electrons. The summed E-state index contributed by atoms with van der Waals surface area (Å²) in [5, 5.41) is 0. The fourth-order valence-electron chi connectivity index (χ4n) is 1.67. The Morgan fingerprint density at radius 1 is 1.14 bits per heavy atom. The molecule has 1 heterocycles. The van der Waals surface area contributed by atoms with Gasteiger partial charge in [0.15, 0.2) is 0 Å². The number of hydrogen-bond donors (Lipinski definition) is 0. The van der Waals surface area contributed by atoms with Crippen molar-refractivity contribution < 1.29 is 0 Å². The van der Waals surface area contributed by atoms with E-state index in [1.165, 1.54) is 24.0 Å². The summed E-state index contributed by atoms with van der Waals surface area (Å²) in [7, 11) is 0. The Morgan fingerprint density at radius 3 is 2.29 bits per heavy atom. The zero-order valence-electron chi connectivity index (χ0n) is 9.80. The molecule has 0 fully saturated rings. The molecule has 0 saturated heterocycles. The van der Waals surface area contributed by atoms with Crippen molar-refractivity contribution >= 4 is 0 Å². The lowest BCUT2D eigenvalue weighted by atomic mass is 9.78. The quantitative estimate of drug-likeness (QED) is 0.706. The van der Waals surface area contributed by atoms with Gasteiger partial charge in [-0.3, -0.25) is 4.98 Å². The van der Waals surface area contributed by atoms with E-state index >= 15 is 0 Å². The average Bonchev–Trinajstić information content (AvgIpc) is 2.28. The summed E-state index contributed by atoms with van der Waals surface area (Å²) < 4.78 is 0. The lowest BCUT2D eigenvalue weighted by Crippen LogP contribution is -2.19. The summed E-state index contributed by atoms with van der Waals surface area (Å²) in [6, 6.07) is 2.31. The molecule has 1 rings (SSSR count). The fourth-order valence-corrected chi connectivity index (χ4v) is 1.67. The van der Waals surface area contributed by atoms with Gasteiger partial charge >= 0.3 is 0 Å². The molecule has 78 valence electrons. The van der Waals surface area contributed by atoms with Crippen molar-refractivity contribution in [3.63, 3.8) is 0 Å². The lowest BCUT2D eigenvalue weighted by molar-refractivity contribution is 0.437. The number of aromatic nitrogens is 1. The molecule has 1 aromatic rings. The normalized spacial score (nSPS) is 11.7. The first kappa shape index (κ1) is 11.2. The van der Waals surface area contributed by atoms with E-state index in [0.29, 0.717) is 5.41 Å². The van der Waals surface area contributed by atoms with Crippen molar-refractivity contribution in [1.82, 2.24) is 4.98 Å². The van der Waals surface area contributed by atoms with Gasteiger partial charge in [0.05, 0.1) is 0 Å². The maximum absolute atomic E-state index is 4.32. The highest BCUT2D eigenvalue weighted by atomic mass is 14.6. The second-order valence-electron chi connectivity index (χ2n) is 4.20. The Bertz CT molecular complexity index is 287. The van der Waals surface area contributed by atoms with E-state index in [0.717, 1.165) is 6.42 Å². The van der Waals surface area contributed by atoms with Crippen LogP contribution in [0.15, 0.2) is 18.5 Å². The van der Waals surface area contributed by atoms with Crippen LogP contribution in [0.2, 0.25) is 0 Å². The molecule has 0 amide bonds. The lowest BCUT2D eigenvalue weighted by Gasteiger charge is -2.27. The zero-order chi connectivity index (χ0) is 10.6. The molecule has 1 nitrogen and oxygen atoms in total. The van der Waals surface area contributed by atoms with E-state index in [9.17, 15) is 0 Å². The second kappa shape index (κ2) is 4.59. The molecule has 0 bridgehead atoms. The van der Waals surface area contributed by atoms with Crippen molar-refractivity contribution in [2.45, 2.75) is 52.4 Å². The van der Waals surface area contributed by atoms with Crippen LogP contribution >= 0.6 is 0 Å². The van der Waals surface area contributed by atoms with Crippen LogP contribution in [0, 0.1) is 0 Å². The van der Waals surface area contributed by atoms with Crippen molar-refractivity contribution in [2.75, 3.05) is 0 Å².